The summed E-state index contributed by atoms with van der Waals surface area (Å²) in [5, 5.41) is 2.78. The Hall–Kier alpha value is -3.33. The van der Waals surface area contributed by atoms with E-state index in [0.29, 0.717) is 49.6 Å². The molecule has 3 N–H and O–H groups in total. The number of benzene rings is 2. The van der Waals surface area contributed by atoms with Gasteiger partial charge in [-0.05, 0) is 36.8 Å². The van der Waals surface area contributed by atoms with Crippen molar-refractivity contribution >= 4 is 23.7 Å². The molecule has 0 spiro atoms. The number of hydrogen-bond acceptors (Lipinski definition) is 5. The van der Waals surface area contributed by atoms with Gasteiger partial charge in [-0.2, -0.15) is 0 Å². The summed E-state index contributed by atoms with van der Waals surface area (Å²) in [4.78, 5) is 30.6. The number of carbonyl (C=O) groups is 2. The highest BCUT2D eigenvalue weighted by atomic mass is 19.1. The number of nitrogens with one attached hydrogen (secondary N) is 1. The first-order chi connectivity index (χ1) is 15.3. The van der Waals surface area contributed by atoms with E-state index in [4.69, 9.17) is 10.5 Å². The monoisotopic (exact) mass is 444 g/mol. The van der Waals surface area contributed by atoms with Crippen LogP contribution < -0.4 is 11.1 Å². The van der Waals surface area contributed by atoms with Gasteiger partial charge in [0.15, 0.2) is 0 Å². The fourth-order valence-electron chi connectivity index (χ4n) is 3.48. The average molecular weight is 444 g/mol. The molecule has 2 aromatic rings. The van der Waals surface area contributed by atoms with Crippen LogP contribution in [0, 0.1) is 24.5 Å². The fraction of sp³-hybridized carbons (Fsp3) is 0.348. The van der Waals surface area contributed by atoms with Gasteiger partial charge in [-0.1, -0.05) is 0 Å². The lowest BCUT2D eigenvalue weighted by Gasteiger charge is -2.38. The quantitative estimate of drug-likeness (QED) is 0.371. The molecule has 0 radical (unpaired) electrons. The maximum absolute atomic E-state index is 13.3. The number of anilines is 1. The van der Waals surface area contributed by atoms with Gasteiger partial charge in [0.05, 0.1) is 6.61 Å². The highest BCUT2D eigenvalue weighted by Crippen LogP contribution is 2.21. The summed E-state index contributed by atoms with van der Waals surface area (Å²) in [5.74, 6) is -2.04. The number of amides is 2. The first-order valence-corrected chi connectivity index (χ1v) is 10.2. The minimum Gasteiger partial charge on any atom is -0.398 e. The Bertz CT molecular complexity index is 1020. The number of carbonyl (C=O) groups excluding carboxylic acids is 2. The number of aryl methyl sites for hydroxylation is 1. The number of likely N-dealkylation sites (tertiary alicyclic amines) is 1. The standard InChI is InChI=1S/C23H26F2N4O3/c1-14-5-21(26)17(8-20(14)22(30)28-3-4-32-2)11-27-10-15-12-29(13-15)23(31)16-6-18(24)9-19(25)7-16/h5-9,11,15H,3-4,10,12-13,26H2,1-2H3,(H,28,30). The van der Waals surface area contributed by atoms with Crippen LogP contribution in [0.4, 0.5) is 14.5 Å². The van der Waals surface area contributed by atoms with Crippen molar-refractivity contribution in [3.8, 4) is 0 Å². The zero-order chi connectivity index (χ0) is 23.3. The van der Waals surface area contributed by atoms with Gasteiger partial charge < -0.3 is 20.7 Å². The molecule has 2 aromatic carbocycles. The molecule has 2 amide bonds. The van der Waals surface area contributed by atoms with Gasteiger partial charge in [-0.25, -0.2) is 8.78 Å². The van der Waals surface area contributed by atoms with Crippen LogP contribution in [0.3, 0.4) is 0 Å². The van der Waals surface area contributed by atoms with Crippen molar-refractivity contribution in [3.05, 3.63) is 64.2 Å². The molecule has 170 valence electrons. The van der Waals surface area contributed by atoms with Gasteiger partial charge in [0.1, 0.15) is 11.6 Å². The summed E-state index contributed by atoms with van der Waals surface area (Å²) in [7, 11) is 1.56. The average Bonchev–Trinajstić information content (AvgIpc) is 2.70. The first-order valence-electron chi connectivity index (χ1n) is 10.2. The van der Waals surface area contributed by atoms with Crippen LogP contribution in [0.1, 0.15) is 31.8 Å². The van der Waals surface area contributed by atoms with Crippen molar-refractivity contribution in [1.29, 1.82) is 0 Å². The second kappa shape index (κ2) is 10.3. The third-order valence-corrected chi connectivity index (χ3v) is 5.21. The topological polar surface area (TPSA) is 97.0 Å². The van der Waals surface area contributed by atoms with E-state index < -0.39 is 17.5 Å². The van der Waals surface area contributed by atoms with Crippen molar-refractivity contribution < 1.29 is 23.1 Å². The molecule has 0 unspecified atom stereocenters. The van der Waals surface area contributed by atoms with E-state index in [1.807, 2.05) is 6.92 Å². The molecule has 1 fully saturated rings. The minimum absolute atomic E-state index is 0.00631. The predicted octanol–water partition coefficient (Wildman–Crippen LogP) is 2.42. The normalized spacial score (nSPS) is 13.9. The molecule has 1 heterocycles. The van der Waals surface area contributed by atoms with Gasteiger partial charge >= 0.3 is 0 Å². The van der Waals surface area contributed by atoms with Gasteiger partial charge in [-0.15, -0.1) is 0 Å². The molecule has 0 atom stereocenters. The summed E-state index contributed by atoms with van der Waals surface area (Å²) in [6.07, 6.45) is 1.62. The Kier molecular flexibility index (Phi) is 7.53. The Morgan fingerprint density at radius 1 is 1.22 bits per heavy atom. The Morgan fingerprint density at radius 3 is 2.56 bits per heavy atom. The summed E-state index contributed by atoms with van der Waals surface area (Å²) < 4.78 is 31.6. The highest BCUT2D eigenvalue weighted by molar-refractivity contribution is 5.99. The zero-order valence-corrected chi connectivity index (χ0v) is 18.0. The summed E-state index contributed by atoms with van der Waals surface area (Å²) in [6, 6.07) is 6.22. The SMILES string of the molecule is COCCNC(=O)c1cc(C=NCC2CN(C(=O)c3cc(F)cc(F)c3)C2)c(N)cc1C. The van der Waals surface area contributed by atoms with Gasteiger partial charge in [0, 0.05) is 73.9 Å². The Morgan fingerprint density at radius 2 is 1.91 bits per heavy atom. The van der Waals surface area contributed by atoms with Gasteiger partial charge in [0.2, 0.25) is 0 Å². The smallest absolute Gasteiger partial charge is 0.254 e. The number of hydrogen-bond donors (Lipinski definition) is 2. The van der Waals surface area contributed by atoms with Gasteiger partial charge in [0.25, 0.3) is 11.8 Å². The van der Waals surface area contributed by atoms with Gasteiger partial charge in [-0.3, -0.25) is 14.6 Å². The summed E-state index contributed by atoms with van der Waals surface area (Å²) in [6.45, 7) is 4.00. The van der Waals surface area contributed by atoms with Crippen LogP contribution in [0.2, 0.25) is 0 Å². The van der Waals surface area contributed by atoms with E-state index in [1.165, 1.54) is 4.90 Å². The lowest BCUT2D eigenvalue weighted by Crippen LogP contribution is -2.51. The third-order valence-electron chi connectivity index (χ3n) is 5.21. The maximum Gasteiger partial charge on any atom is 0.254 e. The lowest BCUT2D eigenvalue weighted by atomic mass is 9.98. The second-order valence-corrected chi connectivity index (χ2v) is 7.77. The number of rotatable bonds is 8. The van der Waals surface area contributed by atoms with Crippen molar-refractivity contribution in [3.63, 3.8) is 0 Å². The molecule has 0 bridgehead atoms. The van der Waals surface area contributed by atoms with Crippen LogP contribution in [-0.2, 0) is 4.74 Å². The summed E-state index contributed by atoms with van der Waals surface area (Å²) >= 11 is 0. The molecule has 32 heavy (non-hydrogen) atoms. The van der Waals surface area contributed by atoms with E-state index >= 15 is 0 Å². The van der Waals surface area contributed by atoms with E-state index in [9.17, 15) is 18.4 Å². The Balaban J connectivity index is 1.56. The van der Waals surface area contributed by atoms with Crippen molar-refractivity contribution in [2.24, 2.45) is 10.9 Å². The predicted molar refractivity (Wildman–Crippen MR) is 118 cm³/mol. The first kappa shape index (κ1) is 23.3. The molecule has 1 aliphatic rings. The fourth-order valence-corrected chi connectivity index (χ4v) is 3.48. The lowest BCUT2D eigenvalue weighted by molar-refractivity contribution is 0.0515. The number of halogens is 2. The molecular formula is C23H26F2N4O3. The third kappa shape index (κ3) is 5.67. The van der Waals surface area contributed by atoms with E-state index in [1.54, 1.807) is 25.5 Å². The van der Waals surface area contributed by atoms with Crippen LogP contribution in [0.5, 0.6) is 0 Å². The van der Waals surface area contributed by atoms with Crippen LogP contribution >= 0.6 is 0 Å². The maximum atomic E-state index is 13.3. The minimum atomic E-state index is -0.780. The number of aliphatic imine (C=N–C) groups is 1. The van der Waals surface area contributed by atoms with Crippen molar-refractivity contribution in [2.75, 3.05) is 45.6 Å². The molecule has 1 saturated heterocycles. The number of methoxy groups -OCH3 is 1. The number of ether oxygens (including phenoxy) is 1. The second-order valence-electron chi connectivity index (χ2n) is 7.77. The van der Waals surface area contributed by atoms with E-state index in [-0.39, 0.29) is 17.4 Å². The molecule has 1 aliphatic heterocycles. The molecule has 7 nitrogen and oxygen atoms in total. The highest BCUT2D eigenvalue weighted by Gasteiger charge is 2.31. The Labute approximate surface area is 185 Å². The molecule has 0 aromatic heterocycles. The summed E-state index contributed by atoms with van der Waals surface area (Å²) in [5.41, 5.74) is 8.48. The molecular weight excluding hydrogens is 418 g/mol. The molecule has 3 rings (SSSR count). The van der Waals surface area contributed by atoms with E-state index in [2.05, 4.69) is 10.3 Å². The molecule has 9 heteroatoms. The largest absolute Gasteiger partial charge is 0.398 e. The zero-order valence-electron chi connectivity index (χ0n) is 18.0. The number of nitrogen functional groups attached to an aromatic ring is 1. The number of nitrogens with two attached hydrogens (primary N) is 1. The van der Waals surface area contributed by atoms with Crippen molar-refractivity contribution in [2.45, 2.75) is 6.92 Å². The van der Waals surface area contributed by atoms with Crippen LogP contribution in [0.15, 0.2) is 35.3 Å². The van der Waals surface area contributed by atoms with Crippen LogP contribution in [-0.4, -0.2) is 62.8 Å². The van der Waals surface area contributed by atoms with Crippen LogP contribution in [0.25, 0.3) is 0 Å². The number of nitrogens with zero attached hydrogens (tertiary/aromatic N) is 2. The molecule has 0 aliphatic carbocycles. The van der Waals surface area contributed by atoms with E-state index in [0.717, 1.165) is 23.8 Å². The van der Waals surface area contributed by atoms with Crippen molar-refractivity contribution in [1.82, 2.24) is 10.2 Å². The molecule has 0 saturated carbocycles.